The summed E-state index contributed by atoms with van der Waals surface area (Å²) in [5, 5.41) is 3.39. The first kappa shape index (κ1) is 17.6. The van der Waals surface area contributed by atoms with Crippen LogP contribution in [0.2, 0.25) is 0 Å². The fourth-order valence-corrected chi connectivity index (χ4v) is 2.91. The molecule has 0 atom stereocenters. The summed E-state index contributed by atoms with van der Waals surface area (Å²) in [6.45, 7) is 12.8. The van der Waals surface area contributed by atoms with E-state index in [1.807, 2.05) is 0 Å². The lowest BCUT2D eigenvalue weighted by Crippen LogP contribution is -2.52. The van der Waals surface area contributed by atoms with E-state index in [9.17, 15) is 0 Å². The van der Waals surface area contributed by atoms with Gasteiger partial charge in [-0.1, -0.05) is 12.1 Å². The van der Waals surface area contributed by atoms with Gasteiger partial charge in [-0.05, 0) is 38.0 Å². The van der Waals surface area contributed by atoms with Crippen LogP contribution in [0.1, 0.15) is 18.1 Å². The van der Waals surface area contributed by atoms with Crippen LogP contribution in [0.25, 0.3) is 0 Å². The molecule has 1 aliphatic heterocycles. The Hall–Kier alpha value is -1.75. The quantitative estimate of drug-likeness (QED) is 0.512. The summed E-state index contributed by atoms with van der Waals surface area (Å²) in [6.07, 6.45) is 0. The van der Waals surface area contributed by atoms with Gasteiger partial charge in [0.15, 0.2) is 5.96 Å². The predicted octanol–water partition coefficient (Wildman–Crippen LogP) is 2.04. The molecular weight excluding hydrogens is 288 g/mol. The van der Waals surface area contributed by atoms with Crippen molar-refractivity contribution in [3.8, 4) is 0 Å². The van der Waals surface area contributed by atoms with Crippen LogP contribution in [0.3, 0.4) is 0 Å². The first-order valence-electron chi connectivity index (χ1n) is 8.50. The van der Waals surface area contributed by atoms with Gasteiger partial charge in [0.05, 0.1) is 13.2 Å². The largest absolute Gasteiger partial charge is 0.383 e. The van der Waals surface area contributed by atoms with Crippen molar-refractivity contribution in [2.75, 3.05) is 57.9 Å². The fraction of sp³-hybridized carbons (Fsp3) is 0.611. The third-order valence-corrected chi connectivity index (χ3v) is 4.39. The number of nitrogens with zero attached hydrogens (tertiary/aromatic N) is 3. The fourth-order valence-electron chi connectivity index (χ4n) is 2.91. The van der Waals surface area contributed by atoms with Gasteiger partial charge in [-0.2, -0.15) is 0 Å². The van der Waals surface area contributed by atoms with Crippen molar-refractivity contribution < 1.29 is 4.74 Å². The molecule has 23 heavy (non-hydrogen) atoms. The van der Waals surface area contributed by atoms with Crippen LogP contribution >= 0.6 is 0 Å². The van der Waals surface area contributed by atoms with Gasteiger partial charge in [-0.15, -0.1) is 0 Å². The van der Waals surface area contributed by atoms with Crippen LogP contribution in [0.15, 0.2) is 23.2 Å². The molecule has 0 aliphatic carbocycles. The summed E-state index contributed by atoms with van der Waals surface area (Å²) in [5.74, 6) is 1.00. The molecule has 0 saturated carbocycles. The highest BCUT2D eigenvalue weighted by Crippen LogP contribution is 2.23. The molecule has 0 spiro atoms. The molecule has 1 N–H and O–H groups in total. The van der Waals surface area contributed by atoms with Gasteiger partial charge in [0.2, 0.25) is 0 Å². The number of nitrogens with one attached hydrogen (secondary N) is 1. The lowest BCUT2D eigenvalue weighted by atomic mass is 10.1. The molecule has 128 valence electrons. The second-order valence-corrected chi connectivity index (χ2v) is 5.92. The van der Waals surface area contributed by atoms with Crippen molar-refractivity contribution in [2.45, 2.75) is 20.8 Å². The first-order valence-corrected chi connectivity index (χ1v) is 8.50. The second-order valence-electron chi connectivity index (χ2n) is 5.92. The van der Waals surface area contributed by atoms with Crippen molar-refractivity contribution in [1.82, 2.24) is 10.2 Å². The third-order valence-electron chi connectivity index (χ3n) is 4.39. The standard InChI is InChI=1S/C18H30N4O/c1-5-19-18(20-9-14-23-4)22-12-10-21(11-13-22)17-8-6-7-15(2)16(17)3/h6-8H,5,9-14H2,1-4H3,(H,19,20). The van der Waals surface area contributed by atoms with E-state index in [2.05, 4.69) is 59.1 Å². The van der Waals surface area contributed by atoms with Crippen LogP contribution in [-0.4, -0.2) is 63.8 Å². The monoisotopic (exact) mass is 318 g/mol. The third kappa shape index (κ3) is 4.61. The Morgan fingerprint density at radius 1 is 1.22 bits per heavy atom. The minimum absolute atomic E-state index is 0.664. The van der Waals surface area contributed by atoms with Crippen LogP contribution in [-0.2, 0) is 4.74 Å². The maximum Gasteiger partial charge on any atom is 0.194 e. The van der Waals surface area contributed by atoms with Crippen LogP contribution in [0, 0.1) is 13.8 Å². The summed E-state index contributed by atoms with van der Waals surface area (Å²) in [6, 6.07) is 6.57. The maximum atomic E-state index is 5.10. The van der Waals surface area contributed by atoms with Crippen molar-refractivity contribution in [1.29, 1.82) is 0 Å². The molecule has 1 aromatic rings. The van der Waals surface area contributed by atoms with Gasteiger partial charge in [0, 0.05) is 45.5 Å². The average molecular weight is 318 g/mol. The predicted molar refractivity (Wildman–Crippen MR) is 97.6 cm³/mol. The zero-order valence-electron chi connectivity index (χ0n) is 14.9. The van der Waals surface area contributed by atoms with Crippen LogP contribution in [0.5, 0.6) is 0 Å². The minimum atomic E-state index is 0.664. The maximum absolute atomic E-state index is 5.10. The number of rotatable bonds is 5. The van der Waals surface area contributed by atoms with Gasteiger partial charge < -0.3 is 19.9 Å². The smallest absolute Gasteiger partial charge is 0.194 e. The Bertz CT molecular complexity index is 522. The number of benzene rings is 1. The average Bonchev–Trinajstić information content (AvgIpc) is 2.57. The van der Waals surface area contributed by atoms with E-state index in [-0.39, 0.29) is 0 Å². The Labute approximate surface area is 140 Å². The molecule has 1 heterocycles. The van der Waals surface area contributed by atoms with Crippen molar-refractivity contribution in [3.63, 3.8) is 0 Å². The number of hydrogen-bond donors (Lipinski definition) is 1. The molecule has 0 unspecified atom stereocenters. The number of piperazine rings is 1. The number of aliphatic imine (C=N–C) groups is 1. The highest BCUT2D eigenvalue weighted by Gasteiger charge is 2.20. The van der Waals surface area contributed by atoms with Gasteiger partial charge in [0.1, 0.15) is 0 Å². The van der Waals surface area contributed by atoms with E-state index in [0.29, 0.717) is 13.2 Å². The van der Waals surface area contributed by atoms with Crippen molar-refractivity contribution in [3.05, 3.63) is 29.3 Å². The zero-order valence-corrected chi connectivity index (χ0v) is 14.9. The number of ether oxygens (including phenoxy) is 1. The molecular formula is C18H30N4O. The highest BCUT2D eigenvalue weighted by atomic mass is 16.5. The number of hydrogen-bond acceptors (Lipinski definition) is 3. The molecule has 0 amide bonds. The van der Waals surface area contributed by atoms with E-state index in [1.54, 1.807) is 7.11 Å². The van der Waals surface area contributed by atoms with Gasteiger partial charge in [0.25, 0.3) is 0 Å². The lowest BCUT2D eigenvalue weighted by Gasteiger charge is -2.38. The summed E-state index contributed by atoms with van der Waals surface area (Å²) >= 11 is 0. The summed E-state index contributed by atoms with van der Waals surface area (Å²) < 4.78 is 5.10. The first-order chi connectivity index (χ1) is 11.2. The van der Waals surface area contributed by atoms with E-state index in [1.165, 1.54) is 16.8 Å². The van der Waals surface area contributed by atoms with E-state index < -0.39 is 0 Å². The Morgan fingerprint density at radius 2 is 1.96 bits per heavy atom. The zero-order chi connectivity index (χ0) is 16.7. The van der Waals surface area contributed by atoms with Gasteiger partial charge in [-0.25, -0.2) is 0 Å². The topological polar surface area (TPSA) is 40.1 Å². The van der Waals surface area contributed by atoms with Crippen molar-refractivity contribution in [2.24, 2.45) is 4.99 Å². The van der Waals surface area contributed by atoms with Gasteiger partial charge >= 0.3 is 0 Å². The number of guanidine groups is 1. The molecule has 1 saturated heterocycles. The van der Waals surface area contributed by atoms with Crippen molar-refractivity contribution >= 4 is 11.6 Å². The lowest BCUT2D eigenvalue weighted by molar-refractivity contribution is 0.207. The number of aryl methyl sites for hydroxylation is 1. The summed E-state index contributed by atoms with van der Waals surface area (Å²) in [5.41, 5.74) is 4.12. The normalized spacial score (nSPS) is 15.9. The van der Waals surface area contributed by atoms with Gasteiger partial charge in [-0.3, -0.25) is 4.99 Å². The molecule has 5 nitrogen and oxygen atoms in total. The Balaban J connectivity index is 1.98. The van der Waals surface area contributed by atoms with E-state index >= 15 is 0 Å². The number of anilines is 1. The molecule has 1 aliphatic rings. The Morgan fingerprint density at radius 3 is 2.61 bits per heavy atom. The highest BCUT2D eigenvalue weighted by molar-refractivity contribution is 5.80. The second kappa shape index (κ2) is 8.77. The number of methoxy groups -OCH3 is 1. The molecule has 0 aromatic heterocycles. The Kier molecular flexibility index (Phi) is 6.71. The summed E-state index contributed by atoms with van der Waals surface area (Å²) in [4.78, 5) is 9.48. The SMILES string of the molecule is CCNC(=NCCOC)N1CCN(c2cccc(C)c2C)CC1. The van der Waals surface area contributed by atoms with Crippen LogP contribution < -0.4 is 10.2 Å². The summed E-state index contributed by atoms with van der Waals surface area (Å²) in [7, 11) is 1.71. The molecule has 5 heteroatoms. The molecule has 0 bridgehead atoms. The van der Waals surface area contributed by atoms with Crippen LogP contribution in [0.4, 0.5) is 5.69 Å². The van der Waals surface area contributed by atoms with E-state index in [0.717, 1.165) is 38.7 Å². The minimum Gasteiger partial charge on any atom is -0.383 e. The van der Waals surface area contributed by atoms with E-state index in [4.69, 9.17) is 4.74 Å². The molecule has 1 aromatic carbocycles. The molecule has 0 radical (unpaired) electrons. The molecule has 2 rings (SSSR count). The molecule has 1 fully saturated rings.